The zero-order chi connectivity index (χ0) is 7.56. The van der Waals surface area contributed by atoms with Gasteiger partial charge in [-0.2, -0.15) is 0 Å². The molecule has 0 aromatic heterocycles. The molecule has 1 aliphatic rings. The van der Waals surface area contributed by atoms with Gasteiger partial charge in [0.1, 0.15) is 0 Å². The average Bonchev–Trinajstić information content (AvgIpc) is 2.67. The lowest BCUT2D eigenvalue weighted by atomic mass is 10.2. The second kappa shape index (κ2) is 2.98. The summed E-state index contributed by atoms with van der Waals surface area (Å²) in [5.41, 5.74) is 2.09. The Bertz CT molecular complexity index is 138. The van der Waals surface area contributed by atoms with E-state index in [1.165, 1.54) is 0 Å². The van der Waals surface area contributed by atoms with E-state index in [1.807, 2.05) is 0 Å². The summed E-state index contributed by atoms with van der Waals surface area (Å²) in [6.45, 7) is 0.166. The predicted octanol–water partition coefficient (Wildman–Crippen LogP) is -1.01. The molecule has 10 heavy (non-hydrogen) atoms. The highest BCUT2D eigenvalue weighted by molar-refractivity contribution is 5.80. The molecule has 4 heteroatoms. The van der Waals surface area contributed by atoms with Gasteiger partial charge in [-0.25, -0.2) is 5.84 Å². The van der Waals surface area contributed by atoms with Crippen molar-refractivity contribution in [1.82, 2.24) is 5.43 Å². The molecule has 1 fully saturated rings. The van der Waals surface area contributed by atoms with Gasteiger partial charge in [-0.15, -0.1) is 0 Å². The number of aliphatic hydroxyl groups excluding tert-OH is 1. The lowest BCUT2D eigenvalue weighted by Gasteiger charge is -1.95. The van der Waals surface area contributed by atoms with Crippen LogP contribution in [0.25, 0.3) is 0 Å². The maximum absolute atomic E-state index is 10.7. The largest absolute Gasteiger partial charge is 0.396 e. The molecule has 1 saturated carbocycles. The number of carbonyl (C=O) groups excluding carboxylic acids is 1. The first kappa shape index (κ1) is 7.50. The fourth-order valence-corrected chi connectivity index (χ4v) is 1.16. The lowest BCUT2D eigenvalue weighted by molar-refractivity contribution is -0.122. The van der Waals surface area contributed by atoms with E-state index in [-0.39, 0.29) is 18.4 Å². The molecule has 4 N–H and O–H groups in total. The van der Waals surface area contributed by atoms with Gasteiger partial charge in [0.25, 0.3) is 0 Å². The Morgan fingerprint density at radius 3 is 3.00 bits per heavy atom. The Morgan fingerprint density at radius 2 is 2.50 bits per heavy atom. The molecule has 4 nitrogen and oxygen atoms in total. The quantitative estimate of drug-likeness (QED) is 0.270. The van der Waals surface area contributed by atoms with Crippen LogP contribution >= 0.6 is 0 Å². The lowest BCUT2D eigenvalue weighted by Crippen LogP contribution is -2.31. The van der Waals surface area contributed by atoms with E-state index >= 15 is 0 Å². The average molecular weight is 144 g/mol. The van der Waals surface area contributed by atoms with Crippen LogP contribution in [-0.4, -0.2) is 17.6 Å². The van der Waals surface area contributed by atoms with E-state index in [9.17, 15) is 4.79 Å². The van der Waals surface area contributed by atoms with Crippen molar-refractivity contribution in [1.29, 1.82) is 0 Å². The first-order chi connectivity index (χ1) is 4.79. The van der Waals surface area contributed by atoms with E-state index in [1.54, 1.807) is 0 Å². The molecule has 2 atom stereocenters. The Hall–Kier alpha value is -0.610. The number of hydrazine groups is 1. The molecule has 1 rings (SSSR count). The number of hydrogen-bond acceptors (Lipinski definition) is 3. The van der Waals surface area contributed by atoms with Crippen LogP contribution in [0.3, 0.4) is 0 Å². The SMILES string of the molecule is NNC(=O)[C@@H]1C[C@H]1CCO. The number of aliphatic hydroxyl groups is 1. The zero-order valence-corrected chi connectivity index (χ0v) is 5.71. The van der Waals surface area contributed by atoms with Crippen molar-refractivity contribution in [3.05, 3.63) is 0 Å². The number of carbonyl (C=O) groups is 1. The summed E-state index contributed by atoms with van der Waals surface area (Å²) in [5, 5.41) is 8.49. The highest BCUT2D eigenvalue weighted by Crippen LogP contribution is 2.40. The van der Waals surface area contributed by atoms with Gasteiger partial charge in [0.05, 0.1) is 0 Å². The third-order valence-electron chi connectivity index (χ3n) is 1.90. The molecular formula is C6H12N2O2. The van der Waals surface area contributed by atoms with Crippen LogP contribution in [0.2, 0.25) is 0 Å². The van der Waals surface area contributed by atoms with E-state index in [2.05, 4.69) is 5.43 Å². The number of nitrogens with one attached hydrogen (secondary N) is 1. The molecular weight excluding hydrogens is 132 g/mol. The van der Waals surface area contributed by atoms with Crippen molar-refractivity contribution >= 4 is 5.91 Å². The van der Waals surface area contributed by atoms with E-state index in [0.29, 0.717) is 5.92 Å². The highest BCUT2D eigenvalue weighted by atomic mass is 16.3. The van der Waals surface area contributed by atoms with Crippen molar-refractivity contribution in [3.8, 4) is 0 Å². The molecule has 0 aromatic rings. The maximum Gasteiger partial charge on any atom is 0.237 e. The van der Waals surface area contributed by atoms with Crippen LogP contribution in [0.15, 0.2) is 0 Å². The molecule has 0 unspecified atom stereocenters. The monoisotopic (exact) mass is 144 g/mol. The highest BCUT2D eigenvalue weighted by Gasteiger charge is 2.41. The first-order valence-electron chi connectivity index (χ1n) is 3.41. The van der Waals surface area contributed by atoms with Crippen LogP contribution < -0.4 is 11.3 Å². The van der Waals surface area contributed by atoms with Gasteiger partial charge in [-0.05, 0) is 18.8 Å². The summed E-state index contributed by atoms with van der Waals surface area (Å²) in [5.74, 6) is 5.25. The van der Waals surface area contributed by atoms with Crippen LogP contribution in [0.4, 0.5) is 0 Å². The molecule has 0 aromatic carbocycles. The molecule has 1 amide bonds. The zero-order valence-electron chi connectivity index (χ0n) is 5.71. The van der Waals surface area contributed by atoms with Gasteiger partial charge in [0, 0.05) is 12.5 Å². The standard InChI is InChI=1S/C6H12N2O2/c7-8-6(10)5-3-4(5)1-2-9/h4-5,9H,1-3,7H2,(H,8,10)/t4-,5-/m1/s1. The molecule has 0 radical (unpaired) electrons. The number of hydrogen-bond donors (Lipinski definition) is 3. The smallest absolute Gasteiger partial charge is 0.237 e. The van der Waals surface area contributed by atoms with Gasteiger partial charge in [0.15, 0.2) is 0 Å². The number of amides is 1. The Balaban J connectivity index is 2.18. The summed E-state index contributed by atoms with van der Waals surface area (Å²) < 4.78 is 0. The summed E-state index contributed by atoms with van der Waals surface area (Å²) in [6.07, 6.45) is 1.60. The second-order valence-electron chi connectivity index (χ2n) is 2.62. The Labute approximate surface area is 59.4 Å². The fourth-order valence-electron chi connectivity index (χ4n) is 1.16. The van der Waals surface area contributed by atoms with Crippen LogP contribution in [0.5, 0.6) is 0 Å². The van der Waals surface area contributed by atoms with Gasteiger partial charge in [-0.3, -0.25) is 10.2 Å². The number of nitrogens with two attached hydrogens (primary N) is 1. The van der Waals surface area contributed by atoms with E-state index < -0.39 is 0 Å². The molecule has 1 aliphatic carbocycles. The third-order valence-corrected chi connectivity index (χ3v) is 1.90. The van der Waals surface area contributed by atoms with Crippen LogP contribution in [0, 0.1) is 11.8 Å². The molecule has 0 saturated heterocycles. The number of rotatable bonds is 3. The van der Waals surface area contributed by atoms with E-state index in [4.69, 9.17) is 10.9 Å². The van der Waals surface area contributed by atoms with Gasteiger partial charge in [0.2, 0.25) is 5.91 Å². The molecule has 0 heterocycles. The maximum atomic E-state index is 10.7. The molecule has 0 bridgehead atoms. The summed E-state index contributed by atoms with van der Waals surface area (Å²) in [6, 6.07) is 0. The Morgan fingerprint density at radius 1 is 1.80 bits per heavy atom. The molecule has 0 aliphatic heterocycles. The van der Waals surface area contributed by atoms with Crippen LogP contribution in [0.1, 0.15) is 12.8 Å². The fraction of sp³-hybridized carbons (Fsp3) is 0.833. The minimum Gasteiger partial charge on any atom is -0.396 e. The molecule has 58 valence electrons. The predicted molar refractivity (Wildman–Crippen MR) is 35.6 cm³/mol. The normalized spacial score (nSPS) is 29.8. The second-order valence-corrected chi connectivity index (χ2v) is 2.62. The van der Waals surface area contributed by atoms with Crippen molar-refractivity contribution < 1.29 is 9.90 Å². The van der Waals surface area contributed by atoms with Gasteiger partial charge >= 0.3 is 0 Å². The van der Waals surface area contributed by atoms with Crippen molar-refractivity contribution in [2.75, 3.05) is 6.61 Å². The topological polar surface area (TPSA) is 75.3 Å². The van der Waals surface area contributed by atoms with Crippen molar-refractivity contribution in [2.24, 2.45) is 17.7 Å². The summed E-state index contributed by atoms with van der Waals surface area (Å²) >= 11 is 0. The van der Waals surface area contributed by atoms with Gasteiger partial charge in [-0.1, -0.05) is 0 Å². The Kier molecular flexibility index (Phi) is 2.24. The molecule has 0 spiro atoms. The van der Waals surface area contributed by atoms with Crippen LogP contribution in [-0.2, 0) is 4.79 Å². The van der Waals surface area contributed by atoms with Crippen molar-refractivity contribution in [2.45, 2.75) is 12.8 Å². The summed E-state index contributed by atoms with van der Waals surface area (Å²) in [7, 11) is 0. The van der Waals surface area contributed by atoms with Gasteiger partial charge < -0.3 is 5.11 Å². The third kappa shape index (κ3) is 1.46. The minimum absolute atomic E-state index is 0.0668. The van der Waals surface area contributed by atoms with E-state index in [0.717, 1.165) is 12.8 Å². The minimum atomic E-state index is -0.0987. The first-order valence-corrected chi connectivity index (χ1v) is 3.41. The van der Waals surface area contributed by atoms with Crippen molar-refractivity contribution in [3.63, 3.8) is 0 Å². The summed E-state index contributed by atoms with van der Waals surface area (Å²) in [4.78, 5) is 10.7.